The Labute approximate surface area is 147 Å². The fourth-order valence-electron chi connectivity index (χ4n) is 4.86. The largest absolute Gasteiger partial charge is 0.272 e. The highest BCUT2D eigenvalue weighted by molar-refractivity contribution is 9.10. The molecule has 5 nitrogen and oxygen atoms in total. The maximum atomic E-state index is 12.8. The van der Waals surface area contributed by atoms with E-state index in [0.717, 1.165) is 15.9 Å². The minimum absolute atomic E-state index is 0.161. The van der Waals surface area contributed by atoms with E-state index in [1.807, 2.05) is 6.07 Å². The summed E-state index contributed by atoms with van der Waals surface area (Å²) in [5.74, 6) is -0.0998. The molecule has 1 aromatic rings. The van der Waals surface area contributed by atoms with Gasteiger partial charge in [0.25, 0.3) is 17.7 Å². The van der Waals surface area contributed by atoms with Gasteiger partial charge in [0.15, 0.2) is 0 Å². The first-order valence-electron chi connectivity index (χ1n) is 8.19. The number of hydrogen-bond acceptors (Lipinski definition) is 3. The lowest BCUT2D eigenvalue weighted by Gasteiger charge is -2.37. The van der Waals surface area contributed by atoms with Crippen molar-refractivity contribution in [2.75, 3.05) is 0 Å². The number of hydrazine groups is 1. The van der Waals surface area contributed by atoms with Crippen molar-refractivity contribution in [1.82, 2.24) is 10.4 Å². The summed E-state index contributed by atoms with van der Waals surface area (Å²) in [7, 11) is 0. The molecule has 1 aliphatic heterocycles. The lowest BCUT2D eigenvalue weighted by atomic mass is 9.63. The molecule has 1 heterocycles. The van der Waals surface area contributed by atoms with Gasteiger partial charge in [-0.2, -0.15) is 5.01 Å². The third-order valence-electron chi connectivity index (χ3n) is 5.96. The second kappa shape index (κ2) is 4.79. The molecule has 1 aromatic carbocycles. The van der Waals surface area contributed by atoms with Crippen LogP contribution >= 0.6 is 15.9 Å². The molecule has 6 atom stereocenters. The Kier molecular flexibility index (Phi) is 2.87. The zero-order chi connectivity index (χ0) is 16.6. The number of hydrogen-bond donors (Lipinski definition) is 1. The van der Waals surface area contributed by atoms with Gasteiger partial charge in [0, 0.05) is 10.0 Å². The molecule has 0 aromatic heterocycles. The number of halogens is 1. The van der Waals surface area contributed by atoms with Gasteiger partial charge in [-0.3, -0.25) is 19.8 Å². The number of carbonyl (C=O) groups excluding carboxylic acids is 3. The smallest absolute Gasteiger partial charge is 0.270 e. The zero-order valence-corrected chi connectivity index (χ0v) is 14.3. The number of benzene rings is 1. The van der Waals surface area contributed by atoms with Crippen molar-refractivity contribution in [3.63, 3.8) is 0 Å². The summed E-state index contributed by atoms with van der Waals surface area (Å²) >= 11 is 3.32. The number of carbonyl (C=O) groups is 3. The molecule has 0 unspecified atom stereocenters. The van der Waals surface area contributed by atoms with Gasteiger partial charge < -0.3 is 0 Å². The first kappa shape index (κ1) is 14.4. The molecule has 4 aliphatic carbocycles. The second-order valence-corrected chi connectivity index (χ2v) is 8.03. The van der Waals surface area contributed by atoms with Gasteiger partial charge in [-0.1, -0.05) is 34.1 Å². The van der Waals surface area contributed by atoms with Crippen LogP contribution in [0.25, 0.3) is 0 Å². The quantitative estimate of drug-likeness (QED) is 0.625. The van der Waals surface area contributed by atoms with Crippen molar-refractivity contribution in [2.24, 2.45) is 35.5 Å². The number of allylic oxidation sites excluding steroid dienone is 2. The topological polar surface area (TPSA) is 66.5 Å². The van der Waals surface area contributed by atoms with Gasteiger partial charge in [-0.25, -0.2) is 0 Å². The maximum absolute atomic E-state index is 12.8. The van der Waals surface area contributed by atoms with Gasteiger partial charge >= 0.3 is 0 Å². The number of nitrogens with one attached hydrogen (secondary N) is 1. The predicted molar refractivity (Wildman–Crippen MR) is 88.2 cm³/mol. The summed E-state index contributed by atoms with van der Waals surface area (Å²) in [6, 6.07) is 6.86. The fourth-order valence-corrected chi connectivity index (χ4v) is 5.26. The van der Waals surface area contributed by atoms with Crippen molar-refractivity contribution < 1.29 is 14.4 Å². The number of rotatable bonds is 2. The van der Waals surface area contributed by atoms with E-state index in [9.17, 15) is 14.4 Å². The molecule has 1 saturated heterocycles. The highest BCUT2D eigenvalue weighted by atomic mass is 79.9. The lowest BCUT2D eigenvalue weighted by Crippen LogP contribution is -2.46. The van der Waals surface area contributed by atoms with Gasteiger partial charge in [-0.05, 0) is 48.3 Å². The molecular formula is C18H15BrN2O3. The molecule has 3 amide bonds. The predicted octanol–water partition coefficient (Wildman–Crippen LogP) is 2.15. The van der Waals surface area contributed by atoms with E-state index in [-0.39, 0.29) is 35.5 Å². The third-order valence-corrected chi connectivity index (χ3v) is 6.46. The van der Waals surface area contributed by atoms with E-state index in [2.05, 4.69) is 33.5 Å². The standard InChI is InChI=1S/C18H15BrN2O3/c19-9-3-1-2-8(6-9)16(22)20-21-17(23)14-10-4-5-11(13-7-12(10)13)15(14)18(21)24/h1-6,10-15H,7H2,(H,20,22)/t10-,11-,12-,13-,14-,15+/m1/s1. The Morgan fingerprint density at radius 3 is 2.29 bits per heavy atom. The summed E-state index contributed by atoms with van der Waals surface area (Å²) in [4.78, 5) is 38.0. The van der Waals surface area contributed by atoms with Crippen LogP contribution in [0.1, 0.15) is 16.8 Å². The van der Waals surface area contributed by atoms with Gasteiger partial charge in [0.05, 0.1) is 11.8 Å². The van der Waals surface area contributed by atoms with Gasteiger partial charge in [-0.15, -0.1) is 0 Å². The van der Waals surface area contributed by atoms with Gasteiger partial charge in [0.1, 0.15) is 0 Å². The monoisotopic (exact) mass is 386 g/mol. The van der Waals surface area contributed by atoms with E-state index in [1.165, 1.54) is 0 Å². The fraction of sp³-hybridized carbons (Fsp3) is 0.389. The molecule has 2 bridgehead atoms. The zero-order valence-electron chi connectivity index (χ0n) is 12.7. The summed E-state index contributed by atoms with van der Waals surface area (Å²) in [6.45, 7) is 0. The Bertz CT molecular complexity index is 784. The summed E-state index contributed by atoms with van der Waals surface area (Å²) in [5, 5.41) is 0.969. The van der Waals surface area contributed by atoms with Crippen molar-refractivity contribution in [3.05, 3.63) is 46.5 Å². The Morgan fingerprint density at radius 1 is 1.08 bits per heavy atom. The van der Waals surface area contributed by atoms with E-state index >= 15 is 0 Å². The minimum atomic E-state index is -0.442. The van der Waals surface area contributed by atoms with Gasteiger partial charge in [0.2, 0.25) is 0 Å². The first-order valence-corrected chi connectivity index (χ1v) is 8.98. The van der Waals surface area contributed by atoms with Crippen molar-refractivity contribution in [1.29, 1.82) is 0 Å². The van der Waals surface area contributed by atoms with Crippen LogP contribution in [-0.4, -0.2) is 22.7 Å². The molecule has 0 radical (unpaired) electrons. The van der Waals surface area contributed by atoms with E-state index in [0.29, 0.717) is 17.4 Å². The van der Waals surface area contributed by atoms with Crippen LogP contribution in [0.2, 0.25) is 0 Å². The molecule has 24 heavy (non-hydrogen) atoms. The van der Waals surface area contributed by atoms with Crippen LogP contribution in [0.15, 0.2) is 40.9 Å². The van der Waals surface area contributed by atoms with Crippen LogP contribution in [0, 0.1) is 35.5 Å². The maximum Gasteiger partial charge on any atom is 0.270 e. The van der Waals surface area contributed by atoms with Crippen molar-refractivity contribution >= 4 is 33.7 Å². The average Bonchev–Trinajstić information content (AvgIpc) is 3.36. The summed E-state index contributed by atoms with van der Waals surface area (Å²) < 4.78 is 0.769. The van der Waals surface area contributed by atoms with Crippen LogP contribution in [0.3, 0.4) is 0 Å². The number of nitrogens with zero attached hydrogens (tertiary/aromatic N) is 1. The minimum Gasteiger partial charge on any atom is -0.272 e. The van der Waals surface area contributed by atoms with Crippen LogP contribution in [0.5, 0.6) is 0 Å². The number of imide groups is 1. The number of amides is 3. The Balaban J connectivity index is 1.41. The third kappa shape index (κ3) is 1.83. The first-order chi connectivity index (χ1) is 11.6. The molecule has 0 spiro atoms. The van der Waals surface area contributed by atoms with E-state index in [1.54, 1.807) is 18.2 Å². The molecular weight excluding hydrogens is 372 g/mol. The molecule has 122 valence electrons. The Morgan fingerprint density at radius 2 is 1.71 bits per heavy atom. The highest BCUT2D eigenvalue weighted by Gasteiger charge is 2.67. The average molecular weight is 387 g/mol. The van der Waals surface area contributed by atoms with E-state index < -0.39 is 5.91 Å². The molecule has 6 heteroatoms. The lowest BCUT2D eigenvalue weighted by molar-refractivity contribution is -0.143. The highest BCUT2D eigenvalue weighted by Crippen LogP contribution is 2.65. The van der Waals surface area contributed by atoms with Crippen LogP contribution in [0.4, 0.5) is 0 Å². The molecule has 5 aliphatic rings. The van der Waals surface area contributed by atoms with Crippen LogP contribution < -0.4 is 5.43 Å². The van der Waals surface area contributed by atoms with Crippen molar-refractivity contribution in [3.8, 4) is 0 Å². The normalized spacial score (nSPS) is 38.1. The summed E-state index contributed by atoms with van der Waals surface area (Å²) in [6.07, 6.45) is 5.36. The SMILES string of the molecule is O=C(NN1C(=O)[C@@H]2[C@@H]3C=C[C@H]([C@H]4C[C@H]34)[C@@H]2C1=O)c1cccc(Br)c1. The molecule has 1 N–H and O–H groups in total. The molecule has 3 fully saturated rings. The molecule has 2 saturated carbocycles. The second-order valence-electron chi connectivity index (χ2n) is 7.12. The summed E-state index contributed by atoms with van der Waals surface area (Å²) in [5.41, 5.74) is 2.93. The molecule has 6 rings (SSSR count). The Hall–Kier alpha value is -1.95. The van der Waals surface area contributed by atoms with Crippen molar-refractivity contribution in [2.45, 2.75) is 6.42 Å². The van der Waals surface area contributed by atoms with Crippen LogP contribution in [-0.2, 0) is 9.59 Å². The van der Waals surface area contributed by atoms with E-state index in [4.69, 9.17) is 0 Å².